The maximum atomic E-state index is 5.38. The number of hydrogen-bond donors (Lipinski definition) is 0. The van der Waals surface area contributed by atoms with Gasteiger partial charge in [-0.05, 0) is 58.3 Å². The van der Waals surface area contributed by atoms with Crippen LogP contribution in [-0.2, 0) is 5.41 Å². The molecule has 0 unspecified atom stereocenters. The van der Waals surface area contributed by atoms with Crippen molar-refractivity contribution in [2.24, 2.45) is 0 Å². The average Bonchev–Trinajstić information content (AvgIpc) is 3.69. The van der Waals surface area contributed by atoms with Gasteiger partial charge in [-0.2, -0.15) is 0 Å². The van der Waals surface area contributed by atoms with Gasteiger partial charge in [0.05, 0.1) is 39.1 Å². The molecule has 3 aromatic heterocycles. The molecule has 0 amide bonds. The van der Waals surface area contributed by atoms with E-state index >= 15 is 0 Å². The molecule has 0 bridgehead atoms. The van der Waals surface area contributed by atoms with Crippen LogP contribution in [0.5, 0.6) is 0 Å². The van der Waals surface area contributed by atoms with Crippen molar-refractivity contribution < 1.29 is 0 Å². The first-order chi connectivity index (χ1) is 25.1. The number of aromatic nitrogens is 4. The molecule has 0 N–H and O–H groups in total. The Balaban J connectivity index is 1.37. The predicted molar refractivity (Wildman–Crippen MR) is 211 cm³/mol. The molecule has 4 heterocycles. The second-order valence-electron chi connectivity index (χ2n) is 14.3. The van der Waals surface area contributed by atoms with Crippen LogP contribution >= 0.6 is 0 Å². The van der Waals surface area contributed by atoms with Gasteiger partial charge in [-0.15, -0.1) is 0 Å². The van der Waals surface area contributed by atoms with E-state index in [0.717, 1.165) is 33.5 Å². The number of nitrogens with zero attached hydrogens (tertiary/aromatic N) is 4. The smallest absolute Gasteiger partial charge is 0.235 e. The summed E-state index contributed by atoms with van der Waals surface area (Å²) in [7, 11) is 0. The standard InChI is InChI=1S/C47H32N4/c1-47(2)36-22-12-14-24-41(36)50-42-26-32-20-10-9-19-31(32)25-35(42)43-44-34(27-37(47)45(43)50)33-21-11-13-23-40(33)51(44)46-48-38(29-15-5-3-6-16-29)28-39(49-46)30-17-7-4-8-18-30/h3-28H,1-2H3. The second kappa shape index (κ2) is 10.3. The highest BCUT2D eigenvalue weighted by atomic mass is 15.2. The fraction of sp³-hybridized carbons (Fsp3) is 0.0638. The van der Waals surface area contributed by atoms with Crippen molar-refractivity contribution in [2.45, 2.75) is 19.3 Å². The highest BCUT2D eigenvalue weighted by Crippen LogP contribution is 2.52. The van der Waals surface area contributed by atoms with E-state index in [1.54, 1.807) is 0 Å². The average molecular weight is 653 g/mol. The summed E-state index contributed by atoms with van der Waals surface area (Å²) in [6.07, 6.45) is 0. The first-order valence-electron chi connectivity index (χ1n) is 17.6. The van der Waals surface area contributed by atoms with E-state index in [2.05, 4.69) is 169 Å². The lowest BCUT2D eigenvalue weighted by atomic mass is 9.74. The predicted octanol–water partition coefficient (Wildman–Crippen LogP) is 11.8. The van der Waals surface area contributed by atoms with Crippen molar-refractivity contribution in [3.05, 3.63) is 169 Å². The summed E-state index contributed by atoms with van der Waals surface area (Å²) in [4.78, 5) is 10.8. The third-order valence-electron chi connectivity index (χ3n) is 11.1. The first-order valence-corrected chi connectivity index (χ1v) is 17.6. The Morgan fingerprint density at radius 1 is 0.451 bits per heavy atom. The number of hydrogen-bond acceptors (Lipinski definition) is 2. The van der Waals surface area contributed by atoms with Crippen LogP contribution < -0.4 is 0 Å². The zero-order valence-electron chi connectivity index (χ0n) is 28.3. The fourth-order valence-corrected chi connectivity index (χ4v) is 8.66. The number of para-hydroxylation sites is 2. The van der Waals surface area contributed by atoms with E-state index < -0.39 is 0 Å². The van der Waals surface area contributed by atoms with Gasteiger partial charge in [-0.3, -0.25) is 4.57 Å². The summed E-state index contributed by atoms with van der Waals surface area (Å²) in [6, 6.07) is 56.6. The van der Waals surface area contributed by atoms with Crippen LogP contribution in [0.25, 0.3) is 88.5 Å². The Morgan fingerprint density at radius 3 is 1.78 bits per heavy atom. The van der Waals surface area contributed by atoms with Crippen LogP contribution in [0.4, 0.5) is 0 Å². The quantitative estimate of drug-likeness (QED) is 0.190. The number of rotatable bonds is 3. The van der Waals surface area contributed by atoms with Crippen molar-refractivity contribution in [2.75, 3.05) is 0 Å². The third kappa shape index (κ3) is 3.90. The van der Waals surface area contributed by atoms with Gasteiger partial charge >= 0.3 is 0 Å². The summed E-state index contributed by atoms with van der Waals surface area (Å²) in [6.45, 7) is 4.75. The van der Waals surface area contributed by atoms with Crippen LogP contribution in [0, 0.1) is 0 Å². The van der Waals surface area contributed by atoms with Crippen LogP contribution in [0.2, 0.25) is 0 Å². The van der Waals surface area contributed by atoms with E-state index in [1.165, 1.54) is 60.2 Å². The van der Waals surface area contributed by atoms with Crippen LogP contribution in [0.1, 0.15) is 25.0 Å². The molecule has 0 radical (unpaired) electrons. The van der Waals surface area contributed by atoms with Gasteiger partial charge < -0.3 is 4.57 Å². The van der Waals surface area contributed by atoms with Crippen LogP contribution in [-0.4, -0.2) is 19.1 Å². The van der Waals surface area contributed by atoms with Crippen molar-refractivity contribution in [1.82, 2.24) is 19.1 Å². The molecule has 7 aromatic carbocycles. The van der Waals surface area contributed by atoms with Crippen LogP contribution in [0.3, 0.4) is 0 Å². The Bertz CT molecular complexity index is 2980. The van der Waals surface area contributed by atoms with E-state index in [4.69, 9.17) is 9.97 Å². The van der Waals surface area contributed by atoms with Gasteiger partial charge in [0.1, 0.15) is 0 Å². The van der Waals surface area contributed by atoms with Gasteiger partial charge in [0.25, 0.3) is 0 Å². The molecule has 4 heteroatoms. The van der Waals surface area contributed by atoms with E-state index in [1.807, 2.05) is 12.1 Å². The monoisotopic (exact) mass is 652 g/mol. The molecule has 1 aliphatic heterocycles. The maximum absolute atomic E-state index is 5.38. The first kappa shape index (κ1) is 28.3. The van der Waals surface area contributed by atoms with Gasteiger partial charge in [-0.1, -0.05) is 135 Å². The molecular formula is C47H32N4. The van der Waals surface area contributed by atoms with Gasteiger partial charge in [-0.25, -0.2) is 9.97 Å². The lowest BCUT2D eigenvalue weighted by Crippen LogP contribution is -2.26. The zero-order chi connectivity index (χ0) is 33.8. The third-order valence-corrected chi connectivity index (χ3v) is 11.1. The number of benzene rings is 7. The largest absolute Gasteiger partial charge is 0.309 e. The summed E-state index contributed by atoms with van der Waals surface area (Å²) in [5, 5.41) is 7.33. The number of fused-ring (bicyclic) bond motifs is 10. The molecular weight excluding hydrogens is 621 g/mol. The lowest BCUT2D eigenvalue weighted by Gasteiger charge is -2.34. The molecule has 10 aromatic rings. The summed E-state index contributed by atoms with van der Waals surface area (Å²) < 4.78 is 4.85. The molecule has 0 spiro atoms. The van der Waals surface area contributed by atoms with Gasteiger partial charge in [0.2, 0.25) is 5.95 Å². The molecule has 0 atom stereocenters. The lowest BCUT2D eigenvalue weighted by molar-refractivity contribution is 0.631. The normalized spacial score (nSPS) is 13.5. The Labute approximate surface area is 294 Å². The topological polar surface area (TPSA) is 35.6 Å². The molecule has 1 aliphatic rings. The summed E-state index contributed by atoms with van der Waals surface area (Å²) >= 11 is 0. The minimum absolute atomic E-state index is 0.222. The highest BCUT2D eigenvalue weighted by Gasteiger charge is 2.37. The Hall–Kier alpha value is -6.52. The molecule has 0 saturated heterocycles. The van der Waals surface area contributed by atoms with Gasteiger partial charge in [0.15, 0.2) is 0 Å². The minimum atomic E-state index is -0.222. The fourth-order valence-electron chi connectivity index (χ4n) is 8.66. The molecule has 0 aliphatic carbocycles. The van der Waals surface area contributed by atoms with E-state index in [9.17, 15) is 0 Å². The van der Waals surface area contributed by atoms with E-state index in [-0.39, 0.29) is 5.41 Å². The molecule has 0 fully saturated rings. The van der Waals surface area contributed by atoms with Gasteiger partial charge in [0, 0.05) is 38.1 Å². The van der Waals surface area contributed by atoms with Crippen LogP contribution in [0.15, 0.2) is 158 Å². The molecule has 240 valence electrons. The Kier molecular flexibility index (Phi) is 5.70. The summed E-state index contributed by atoms with van der Waals surface area (Å²) in [5.74, 6) is 0.661. The Morgan fingerprint density at radius 2 is 1.06 bits per heavy atom. The van der Waals surface area contributed by atoms with E-state index in [0.29, 0.717) is 5.95 Å². The van der Waals surface area contributed by atoms with Crippen molar-refractivity contribution in [3.63, 3.8) is 0 Å². The zero-order valence-corrected chi connectivity index (χ0v) is 28.3. The minimum Gasteiger partial charge on any atom is -0.309 e. The molecule has 51 heavy (non-hydrogen) atoms. The van der Waals surface area contributed by atoms with Crippen molar-refractivity contribution in [3.8, 4) is 34.2 Å². The second-order valence-corrected chi connectivity index (χ2v) is 14.3. The van der Waals surface area contributed by atoms with Crippen molar-refractivity contribution >= 4 is 54.4 Å². The molecule has 11 rings (SSSR count). The maximum Gasteiger partial charge on any atom is 0.235 e. The molecule has 4 nitrogen and oxygen atoms in total. The highest BCUT2D eigenvalue weighted by molar-refractivity contribution is 6.28. The summed E-state index contributed by atoms with van der Waals surface area (Å²) in [5.41, 5.74) is 12.3. The van der Waals surface area contributed by atoms with Crippen molar-refractivity contribution in [1.29, 1.82) is 0 Å². The molecule has 0 saturated carbocycles. The SMILES string of the molecule is CC1(C)c2ccccc2-n2c3cc4ccccc4cc3c3c2c1cc1c2ccccc2n(-c2nc(-c4ccccc4)cc(-c4ccccc4)n2)c13.